The van der Waals surface area contributed by atoms with E-state index < -0.39 is 12.1 Å². The van der Waals surface area contributed by atoms with Crippen LogP contribution in [0, 0.1) is 0 Å². The van der Waals surface area contributed by atoms with E-state index in [0.29, 0.717) is 16.8 Å². The lowest BCUT2D eigenvalue weighted by Crippen LogP contribution is -2.09. The average molecular weight is 658 g/mol. The Hall–Kier alpha value is -6.70. The third kappa shape index (κ3) is 5.96. The van der Waals surface area contributed by atoms with Crippen LogP contribution in [-0.4, -0.2) is 0 Å². The second kappa shape index (κ2) is 13.3. The Bertz CT molecular complexity index is 3020. The van der Waals surface area contributed by atoms with Gasteiger partial charge in [0, 0.05) is 17.1 Å². The predicted octanol–water partition coefficient (Wildman–Crippen LogP) is 14.1. The number of hydrogen-bond acceptors (Lipinski definition) is 1. The minimum Gasteiger partial charge on any atom is -0.310 e. The van der Waals surface area contributed by atoms with Crippen molar-refractivity contribution in [2.75, 3.05) is 4.90 Å². The first-order chi connectivity index (χ1) is 28.6. The second-order valence-electron chi connectivity index (χ2n) is 12.3. The minimum absolute atomic E-state index is 0.112. The summed E-state index contributed by atoms with van der Waals surface area (Å²) in [5, 5.41) is 3.35. The topological polar surface area (TPSA) is 3.24 Å². The molecule has 0 heterocycles. The lowest BCUT2D eigenvalue weighted by molar-refractivity contribution is 1.29. The van der Waals surface area contributed by atoms with Gasteiger partial charge in [-0.15, -0.1) is 0 Å². The lowest BCUT2D eigenvalue weighted by atomic mass is 9.89. The zero-order valence-electron chi connectivity index (χ0n) is 35.5. The third-order valence-corrected chi connectivity index (χ3v) is 9.21. The van der Waals surface area contributed by atoms with Gasteiger partial charge in [-0.25, -0.2) is 0 Å². The molecule has 51 heavy (non-hydrogen) atoms. The van der Waals surface area contributed by atoms with Crippen LogP contribution >= 0.6 is 0 Å². The van der Waals surface area contributed by atoms with Gasteiger partial charge in [-0.1, -0.05) is 176 Å². The summed E-state index contributed by atoms with van der Waals surface area (Å²) in [5.74, 6) is 0. The van der Waals surface area contributed by atoms with E-state index in [1.54, 1.807) is 24.3 Å². The number of benzene rings is 9. The highest BCUT2D eigenvalue weighted by Crippen LogP contribution is 2.41. The molecule has 0 unspecified atom stereocenters. The Balaban J connectivity index is 1.29. The summed E-state index contributed by atoms with van der Waals surface area (Å²) in [6.45, 7) is 0. The van der Waals surface area contributed by atoms with Crippen molar-refractivity contribution in [3.63, 3.8) is 0 Å². The van der Waals surface area contributed by atoms with Gasteiger partial charge < -0.3 is 4.90 Å². The SMILES string of the molecule is [2H]c1c([2H])c(N(c2ccc3ccccc3c2)c2c([2H])c([2H])c(-c3c(-c4ccccc4)ccc4ccccc34)c([2H])c2[2H])c([2H])c([2H])c1-c1ccc(-c2ccccc2)cc1. The van der Waals surface area contributed by atoms with Crippen LogP contribution in [0.15, 0.2) is 212 Å². The quantitative estimate of drug-likeness (QED) is 0.165. The van der Waals surface area contributed by atoms with Crippen molar-refractivity contribution >= 4 is 38.6 Å². The summed E-state index contributed by atoms with van der Waals surface area (Å²) in [5.41, 5.74) is 4.80. The van der Waals surface area contributed by atoms with Gasteiger partial charge in [0.25, 0.3) is 0 Å². The van der Waals surface area contributed by atoms with Crippen molar-refractivity contribution in [3.8, 4) is 44.5 Å². The molecule has 0 atom stereocenters. The first-order valence-corrected chi connectivity index (χ1v) is 16.9. The molecular formula is C50H35N. The van der Waals surface area contributed by atoms with Crippen LogP contribution in [0.5, 0.6) is 0 Å². The van der Waals surface area contributed by atoms with Crippen LogP contribution in [0.25, 0.3) is 66.1 Å². The van der Waals surface area contributed by atoms with Gasteiger partial charge in [0.2, 0.25) is 0 Å². The number of nitrogens with zero attached hydrogens (tertiary/aromatic N) is 1. The molecule has 0 aliphatic carbocycles. The van der Waals surface area contributed by atoms with E-state index in [9.17, 15) is 11.0 Å². The van der Waals surface area contributed by atoms with Gasteiger partial charge in [0.15, 0.2) is 0 Å². The zero-order chi connectivity index (χ0) is 40.9. The summed E-state index contributed by atoms with van der Waals surface area (Å²) in [6, 6.07) is 48.6. The first kappa shape index (κ1) is 22.8. The van der Waals surface area contributed by atoms with Crippen LogP contribution in [0.3, 0.4) is 0 Å². The van der Waals surface area contributed by atoms with Crippen LogP contribution in [0.4, 0.5) is 17.1 Å². The summed E-state index contributed by atoms with van der Waals surface area (Å²) in [4.78, 5) is 1.36. The van der Waals surface area contributed by atoms with E-state index in [0.717, 1.165) is 43.8 Å². The number of rotatable bonds is 7. The van der Waals surface area contributed by atoms with Crippen LogP contribution < -0.4 is 4.90 Å². The lowest BCUT2D eigenvalue weighted by Gasteiger charge is -2.26. The third-order valence-electron chi connectivity index (χ3n) is 9.21. The molecule has 9 rings (SSSR count). The molecule has 240 valence electrons. The van der Waals surface area contributed by atoms with Crippen LogP contribution in [-0.2, 0) is 0 Å². The van der Waals surface area contributed by atoms with Gasteiger partial charge in [0.1, 0.15) is 0 Å². The molecule has 9 aromatic carbocycles. The second-order valence-corrected chi connectivity index (χ2v) is 12.3. The maximum Gasteiger partial charge on any atom is 0.0645 e. The van der Waals surface area contributed by atoms with E-state index in [-0.39, 0.29) is 58.8 Å². The fraction of sp³-hybridized carbons (Fsp3) is 0. The molecule has 0 aromatic heterocycles. The monoisotopic (exact) mass is 657 g/mol. The average Bonchev–Trinajstić information content (AvgIpc) is 3.28. The van der Waals surface area contributed by atoms with E-state index in [4.69, 9.17) is 0 Å². The molecule has 0 aliphatic rings. The molecule has 1 heteroatoms. The molecule has 0 N–H and O–H groups in total. The molecule has 0 fully saturated rings. The highest BCUT2D eigenvalue weighted by molar-refractivity contribution is 6.04. The standard InChI is InChI=1S/C50H35N/c1-3-11-36(12-4-1)38-19-21-39(22-20-38)40-23-29-45(30-24-40)51(47-33-25-37-13-7-8-17-44(37)35-47)46-31-26-43(27-32-46)50-48-18-10-9-16-42(48)28-34-49(50)41-14-5-2-6-15-41/h1-35H/i23D,24D,26D,27D,29D,30D,31D,32D. The molecule has 0 saturated carbocycles. The smallest absolute Gasteiger partial charge is 0.0645 e. The Morgan fingerprint density at radius 2 is 0.804 bits per heavy atom. The highest BCUT2D eigenvalue weighted by atomic mass is 15.1. The zero-order valence-corrected chi connectivity index (χ0v) is 27.5. The van der Waals surface area contributed by atoms with Crippen LogP contribution in [0.2, 0.25) is 0 Å². The Kier molecular flexibility index (Phi) is 5.96. The fourth-order valence-corrected chi connectivity index (χ4v) is 6.65. The molecule has 9 aromatic rings. The molecular weight excluding hydrogens is 615 g/mol. The molecule has 0 bridgehead atoms. The maximum atomic E-state index is 9.67. The van der Waals surface area contributed by atoms with Crippen molar-refractivity contribution in [2.24, 2.45) is 0 Å². The van der Waals surface area contributed by atoms with E-state index >= 15 is 0 Å². The Morgan fingerprint density at radius 1 is 0.314 bits per heavy atom. The fourth-order valence-electron chi connectivity index (χ4n) is 6.65. The molecule has 0 aliphatic heterocycles. The molecule has 1 nitrogen and oxygen atoms in total. The van der Waals surface area contributed by atoms with E-state index in [1.165, 1.54) is 4.90 Å². The van der Waals surface area contributed by atoms with E-state index in [2.05, 4.69) is 0 Å². The van der Waals surface area contributed by atoms with Crippen molar-refractivity contribution in [3.05, 3.63) is 212 Å². The van der Waals surface area contributed by atoms with E-state index in [1.807, 2.05) is 140 Å². The summed E-state index contributed by atoms with van der Waals surface area (Å²) in [6.07, 6.45) is 0. The number of fused-ring (bicyclic) bond motifs is 2. The number of hydrogen-bond donors (Lipinski definition) is 0. The summed E-state index contributed by atoms with van der Waals surface area (Å²) in [7, 11) is 0. The predicted molar refractivity (Wildman–Crippen MR) is 218 cm³/mol. The van der Waals surface area contributed by atoms with Crippen LogP contribution in [0.1, 0.15) is 11.0 Å². The summed E-state index contributed by atoms with van der Waals surface area (Å²) >= 11 is 0. The maximum absolute atomic E-state index is 9.67. The molecule has 0 spiro atoms. The largest absolute Gasteiger partial charge is 0.310 e. The number of anilines is 3. The molecule has 0 saturated heterocycles. The van der Waals surface area contributed by atoms with Gasteiger partial charge >= 0.3 is 0 Å². The van der Waals surface area contributed by atoms with Gasteiger partial charge in [-0.05, 0) is 102 Å². The van der Waals surface area contributed by atoms with Crippen molar-refractivity contribution in [1.29, 1.82) is 0 Å². The first-order valence-electron chi connectivity index (χ1n) is 20.9. The van der Waals surface area contributed by atoms with Crippen molar-refractivity contribution in [2.45, 2.75) is 0 Å². The minimum atomic E-state index is -0.390. The summed E-state index contributed by atoms with van der Waals surface area (Å²) < 4.78 is 76.2. The van der Waals surface area contributed by atoms with Gasteiger partial charge in [0.05, 0.1) is 11.0 Å². The van der Waals surface area contributed by atoms with Crippen molar-refractivity contribution < 1.29 is 11.0 Å². The van der Waals surface area contributed by atoms with Gasteiger partial charge in [-0.2, -0.15) is 0 Å². The molecule has 0 radical (unpaired) electrons. The van der Waals surface area contributed by atoms with Crippen molar-refractivity contribution in [1.82, 2.24) is 0 Å². The van der Waals surface area contributed by atoms with Gasteiger partial charge in [-0.3, -0.25) is 0 Å². The highest BCUT2D eigenvalue weighted by Gasteiger charge is 2.16. The Morgan fingerprint density at radius 3 is 1.47 bits per heavy atom. The molecule has 0 amide bonds. The normalized spacial score (nSPS) is 13.3. The Labute approximate surface area is 310 Å².